The molecule has 0 saturated carbocycles. The first kappa shape index (κ1) is 11.4. The number of hydrogen-bond acceptors (Lipinski definition) is 3. The van der Waals surface area contributed by atoms with Crippen LogP contribution in [0, 0.1) is 5.92 Å². The summed E-state index contributed by atoms with van der Waals surface area (Å²) in [5.41, 5.74) is 0. The van der Waals surface area contributed by atoms with Crippen molar-refractivity contribution in [1.29, 1.82) is 0 Å². The third kappa shape index (κ3) is 2.52. The van der Waals surface area contributed by atoms with Gasteiger partial charge in [0.15, 0.2) is 4.47 Å². The van der Waals surface area contributed by atoms with Crippen molar-refractivity contribution in [3.63, 3.8) is 0 Å². The van der Waals surface area contributed by atoms with E-state index >= 15 is 0 Å². The zero-order valence-corrected chi connectivity index (χ0v) is 10.8. The Balaban J connectivity index is 2.00. The molecular weight excluding hydrogens is 228 g/mol. The molecule has 2 unspecified atom stereocenters. The number of aromatic nitrogens is 1. The minimum atomic E-state index is 0.658. The normalized spacial score (nSPS) is 27.4. The van der Waals surface area contributed by atoms with Gasteiger partial charge in [-0.3, -0.25) is 4.90 Å². The predicted octanol–water partition coefficient (Wildman–Crippen LogP) is 3.42. The van der Waals surface area contributed by atoms with Crippen LogP contribution in [-0.2, 0) is 6.54 Å². The molecule has 0 amide bonds. The lowest BCUT2D eigenvalue weighted by molar-refractivity contribution is 0.219. The van der Waals surface area contributed by atoms with Crippen molar-refractivity contribution >= 4 is 22.9 Å². The van der Waals surface area contributed by atoms with E-state index in [9.17, 15) is 0 Å². The van der Waals surface area contributed by atoms with E-state index in [-0.39, 0.29) is 0 Å². The SMILES string of the molecule is CCC1C(C)CCN1Cc1cnc(Cl)s1. The van der Waals surface area contributed by atoms with E-state index in [1.165, 1.54) is 24.3 Å². The summed E-state index contributed by atoms with van der Waals surface area (Å²) in [5, 5.41) is 0. The van der Waals surface area contributed by atoms with E-state index in [4.69, 9.17) is 11.6 Å². The quantitative estimate of drug-likeness (QED) is 0.810. The molecule has 2 heterocycles. The van der Waals surface area contributed by atoms with Gasteiger partial charge in [-0.2, -0.15) is 0 Å². The second kappa shape index (κ2) is 4.81. The summed E-state index contributed by atoms with van der Waals surface area (Å²) in [6, 6.07) is 0.742. The van der Waals surface area contributed by atoms with Crippen LogP contribution in [0.3, 0.4) is 0 Å². The molecule has 0 aromatic carbocycles. The fourth-order valence-corrected chi connectivity index (χ4v) is 3.50. The van der Waals surface area contributed by atoms with Gasteiger partial charge in [-0.05, 0) is 25.3 Å². The molecule has 1 fully saturated rings. The summed E-state index contributed by atoms with van der Waals surface area (Å²) in [6.07, 6.45) is 4.47. The fourth-order valence-electron chi connectivity index (χ4n) is 2.50. The van der Waals surface area contributed by atoms with Gasteiger partial charge in [-0.15, -0.1) is 11.3 Å². The Hall–Kier alpha value is -0.120. The molecule has 1 saturated heterocycles. The summed E-state index contributed by atoms with van der Waals surface area (Å²) in [6.45, 7) is 6.87. The first-order valence-corrected chi connectivity index (χ1v) is 6.74. The summed E-state index contributed by atoms with van der Waals surface area (Å²) in [4.78, 5) is 7.93. The standard InChI is InChI=1S/C11H17ClN2S/c1-3-10-8(2)4-5-14(10)7-9-6-13-11(12)15-9/h6,8,10H,3-5,7H2,1-2H3. The van der Waals surface area contributed by atoms with E-state index in [0.717, 1.165) is 18.5 Å². The van der Waals surface area contributed by atoms with Crippen LogP contribution in [0.2, 0.25) is 4.47 Å². The molecule has 1 aromatic heterocycles. The molecule has 0 bridgehead atoms. The lowest BCUT2D eigenvalue weighted by Gasteiger charge is -2.24. The molecule has 0 N–H and O–H groups in total. The Labute approximate surface area is 100 Å². The molecule has 1 aliphatic rings. The average molecular weight is 245 g/mol. The molecule has 0 aliphatic carbocycles. The highest BCUT2D eigenvalue weighted by Crippen LogP contribution is 2.29. The maximum Gasteiger partial charge on any atom is 0.183 e. The van der Waals surface area contributed by atoms with E-state index in [2.05, 4.69) is 23.7 Å². The van der Waals surface area contributed by atoms with Crippen molar-refractivity contribution in [3.05, 3.63) is 15.5 Å². The molecule has 0 radical (unpaired) electrons. The molecule has 84 valence electrons. The van der Waals surface area contributed by atoms with E-state index in [1.54, 1.807) is 11.3 Å². The van der Waals surface area contributed by atoms with Gasteiger partial charge in [0.05, 0.1) is 0 Å². The Morgan fingerprint density at radius 1 is 1.67 bits per heavy atom. The molecule has 2 nitrogen and oxygen atoms in total. The van der Waals surface area contributed by atoms with Gasteiger partial charge in [0.2, 0.25) is 0 Å². The maximum atomic E-state index is 5.83. The van der Waals surface area contributed by atoms with Crippen molar-refractivity contribution in [2.24, 2.45) is 5.92 Å². The third-order valence-electron chi connectivity index (χ3n) is 3.30. The molecule has 2 atom stereocenters. The van der Waals surface area contributed by atoms with Gasteiger partial charge >= 0.3 is 0 Å². The van der Waals surface area contributed by atoms with Crippen LogP contribution >= 0.6 is 22.9 Å². The smallest absolute Gasteiger partial charge is 0.183 e. The minimum Gasteiger partial charge on any atom is -0.295 e. The predicted molar refractivity (Wildman–Crippen MR) is 65.4 cm³/mol. The summed E-state index contributed by atoms with van der Waals surface area (Å²) < 4.78 is 0.658. The molecule has 15 heavy (non-hydrogen) atoms. The van der Waals surface area contributed by atoms with Crippen molar-refractivity contribution in [2.75, 3.05) is 6.54 Å². The van der Waals surface area contributed by atoms with Crippen LogP contribution < -0.4 is 0 Å². The largest absolute Gasteiger partial charge is 0.295 e. The number of hydrogen-bond donors (Lipinski definition) is 0. The van der Waals surface area contributed by atoms with Crippen LogP contribution in [0.4, 0.5) is 0 Å². The fraction of sp³-hybridized carbons (Fsp3) is 0.727. The zero-order valence-electron chi connectivity index (χ0n) is 9.24. The molecule has 2 rings (SSSR count). The molecule has 1 aromatic rings. The molecule has 1 aliphatic heterocycles. The molecule has 4 heteroatoms. The zero-order chi connectivity index (χ0) is 10.8. The average Bonchev–Trinajstić information content (AvgIpc) is 2.75. The minimum absolute atomic E-state index is 0.658. The number of nitrogens with zero attached hydrogens (tertiary/aromatic N) is 2. The second-order valence-corrected chi connectivity index (χ2v) is 5.99. The highest BCUT2D eigenvalue weighted by molar-refractivity contribution is 7.15. The highest BCUT2D eigenvalue weighted by atomic mass is 35.5. The van der Waals surface area contributed by atoms with Crippen molar-refractivity contribution < 1.29 is 0 Å². The van der Waals surface area contributed by atoms with Crippen LogP contribution in [0.25, 0.3) is 0 Å². The van der Waals surface area contributed by atoms with Crippen molar-refractivity contribution in [1.82, 2.24) is 9.88 Å². The monoisotopic (exact) mass is 244 g/mol. The second-order valence-electron chi connectivity index (χ2n) is 4.29. The van der Waals surface area contributed by atoms with Gasteiger partial charge < -0.3 is 0 Å². The lowest BCUT2D eigenvalue weighted by atomic mass is 10.0. The number of thiazole rings is 1. The van der Waals surface area contributed by atoms with Gasteiger partial charge in [0.25, 0.3) is 0 Å². The molecular formula is C11H17ClN2S. The van der Waals surface area contributed by atoms with Crippen molar-refractivity contribution in [2.45, 2.75) is 39.3 Å². The Bertz CT molecular complexity index is 326. The van der Waals surface area contributed by atoms with Crippen molar-refractivity contribution in [3.8, 4) is 0 Å². The number of halogens is 1. The van der Waals surface area contributed by atoms with E-state index in [0.29, 0.717) is 4.47 Å². The maximum absolute atomic E-state index is 5.83. The Kier molecular flexibility index (Phi) is 3.65. The van der Waals surface area contributed by atoms with Gasteiger partial charge in [-0.25, -0.2) is 4.98 Å². The van der Waals surface area contributed by atoms with Crippen LogP contribution in [0.5, 0.6) is 0 Å². The lowest BCUT2D eigenvalue weighted by Crippen LogP contribution is -2.30. The first-order valence-electron chi connectivity index (χ1n) is 5.55. The van der Waals surface area contributed by atoms with Gasteiger partial charge in [-0.1, -0.05) is 25.4 Å². The first-order chi connectivity index (χ1) is 7.20. The van der Waals surface area contributed by atoms with Gasteiger partial charge in [0, 0.05) is 23.7 Å². The van der Waals surface area contributed by atoms with Gasteiger partial charge in [0.1, 0.15) is 0 Å². The molecule has 0 spiro atoms. The Morgan fingerprint density at radius 3 is 3.07 bits per heavy atom. The summed E-state index contributed by atoms with van der Waals surface area (Å²) >= 11 is 7.43. The van der Waals surface area contributed by atoms with E-state index in [1.807, 2.05) is 6.20 Å². The topological polar surface area (TPSA) is 16.1 Å². The van der Waals surface area contributed by atoms with Crippen LogP contribution in [0.15, 0.2) is 6.20 Å². The number of likely N-dealkylation sites (tertiary alicyclic amines) is 1. The summed E-state index contributed by atoms with van der Waals surface area (Å²) in [7, 11) is 0. The number of rotatable bonds is 3. The highest BCUT2D eigenvalue weighted by Gasteiger charge is 2.29. The Morgan fingerprint density at radius 2 is 2.47 bits per heavy atom. The van der Waals surface area contributed by atoms with E-state index < -0.39 is 0 Å². The van der Waals surface area contributed by atoms with Crippen LogP contribution in [0.1, 0.15) is 31.6 Å². The van der Waals surface area contributed by atoms with Crippen LogP contribution in [-0.4, -0.2) is 22.5 Å². The summed E-state index contributed by atoms with van der Waals surface area (Å²) in [5.74, 6) is 0.832. The third-order valence-corrected chi connectivity index (χ3v) is 4.40.